The number of cyclic esters (lactones) is 1. The minimum Gasteiger partial charge on any atom is -0.428 e. The second kappa shape index (κ2) is 7.01. The van der Waals surface area contributed by atoms with E-state index in [0.717, 1.165) is 30.0 Å². The Morgan fingerprint density at radius 3 is 2.65 bits per heavy atom. The molecule has 1 aliphatic heterocycles. The molecule has 0 fully saturated rings. The molecule has 4 heteroatoms. The van der Waals surface area contributed by atoms with Crippen molar-refractivity contribution in [2.24, 2.45) is 0 Å². The first kappa shape index (κ1) is 18.0. The molecule has 1 heterocycles. The van der Waals surface area contributed by atoms with Gasteiger partial charge in [-0.15, -0.1) is 6.58 Å². The fraction of sp³-hybridized carbons (Fsp3) is 0.526. The fourth-order valence-electron chi connectivity index (χ4n) is 3.06. The van der Waals surface area contributed by atoms with Crippen molar-refractivity contribution in [2.45, 2.75) is 58.7 Å². The molecule has 0 amide bonds. The second-order valence-corrected chi connectivity index (χ2v) is 13.0. The highest BCUT2D eigenvalue weighted by Crippen LogP contribution is 2.37. The Bertz CT molecular complexity index is 614. The predicted molar refractivity (Wildman–Crippen MR) is 96.7 cm³/mol. The highest BCUT2D eigenvalue weighted by Gasteiger charge is 2.35. The Balaban J connectivity index is 2.31. The van der Waals surface area contributed by atoms with Gasteiger partial charge in [-0.3, -0.25) is 0 Å². The molecule has 1 aliphatic rings. The van der Waals surface area contributed by atoms with E-state index in [4.69, 9.17) is 9.47 Å². The lowest BCUT2D eigenvalue weighted by atomic mass is 9.90. The Kier molecular flexibility index (Phi) is 5.47. The fourth-order valence-corrected chi connectivity index (χ4v) is 3.79. The average Bonchev–Trinajstić information content (AvgIpc) is 2.75. The van der Waals surface area contributed by atoms with Crippen LogP contribution in [0, 0.1) is 6.92 Å². The molecule has 0 saturated heterocycles. The molecule has 1 unspecified atom stereocenters. The summed E-state index contributed by atoms with van der Waals surface area (Å²) in [5.41, 5.74) is 5.16. The van der Waals surface area contributed by atoms with Gasteiger partial charge in [-0.05, 0) is 48.6 Å². The summed E-state index contributed by atoms with van der Waals surface area (Å²) in [6.45, 7) is 15.6. The van der Waals surface area contributed by atoms with Gasteiger partial charge >= 0.3 is 5.97 Å². The van der Waals surface area contributed by atoms with Gasteiger partial charge < -0.3 is 9.47 Å². The Hall–Kier alpha value is -1.39. The van der Waals surface area contributed by atoms with Crippen LogP contribution in [0.1, 0.15) is 45.8 Å². The zero-order valence-electron chi connectivity index (χ0n) is 15.0. The number of ether oxygens (including phenoxy) is 2. The number of carbonyl (C=O) groups excluding carboxylic acids is 1. The van der Waals surface area contributed by atoms with Gasteiger partial charge in [-0.25, -0.2) is 4.79 Å². The second-order valence-electron chi connectivity index (χ2n) is 7.37. The molecule has 0 bridgehead atoms. The van der Waals surface area contributed by atoms with Gasteiger partial charge in [0.05, 0.1) is 5.56 Å². The number of allylic oxidation sites excluding steroid dienone is 1. The number of fused-ring (bicyclic) bond motifs is 1. The molecule has 0 N–H and O–H groups in total. The summed E-state index contributed by atoms with van der Waals surface area (Å²) in [6, 6.07) is 3.03. The van der Waals surface area contributed by atoms with Gasteiger partial charge in [0.25, 0.3) is 0 Å². The minimum absolute atomic E-state index is 0.269. The first-order valence-electron chi connectivity index (χ1n) is 8.37. The van der Waals surface area contributed by atoms with Crippen LogP contribution in [0.4, 0.5) is 0 Å². The maximum atomic E-state index is 12.2. The van der Waals surface area contributed by atoms with E-state index < -0.39 is 14.4 Å². The number of esters is 1. The van der Waals surface area contributed by atoms with E-state index in [-0.39, 0.29) is 5.97 Å². The molecule has 2 rings (SSSR count). The van der Waals surface area contributed by atoms with Crippen molar-refractivity contribution >= 4 is 14.0 Å². The lowest BCUT2D eigenvalue weighted by molar-refractivity contribution is -0.0997. The van der Waals surface area contributed by atoms with Gasteiger partial charge in [0.2, 0.25) is 6.29 Å². The molecule has 3 nitrogen and oxygen atoms in total. The van der Waals surface area contributed by atoms with Crippen LogP contribution in [0.2, 0.25) is 25.7 Å². The summed E-state index contributed by atoms with van der Waals surface area (Å²) < 4.78 is 11.4. The summed E-state index contributed by atoms with van der Waals surface area (Å²) in [5.74, 6) is -0.269. The van der Waals surface area contributed by atoms with Crippen molar-refractivity contribution < 1.29 is 14.3 Å². The number of hydrogen-bond acceptors (Lipinski definition) is 3. The van der Waals surface area contributed by atoms with Crippen LogP contribution in [0.5, 0.6) is 0 Å². The summed E-state index contributed by atoms with van der Waals surface area (Å²) in [6.07, 6.45) is 3.03. The van der Waals surface area contributed by atoms with Crippen molar-refractivity contribution in [3.63, 3.8) is 0 Å². The molecule has 0 saturated carbocycles. The van der Waals surface area contributed by atoms with Crippen molar-refractivity contribution in [1.29, 1.82) is 0 Å². The van der Waals surface area contributed by atoms with Crippen molar-refractivity contribution in [2.75, 3.05) is 6.61 Å². The Morgan fingerprint density at radius 1 is 1.39 bits per heavy atom. The Labute approximate surface area is 140 Å². The van der Waals surface area contributed by atoms with Crippen molar-refractivity contribution in [3.05, 3.63) is 46.5 Å². The van der Waals surface area contributed by atoms with Gasteiger partial charge in [0, 0.05) is 20.2 Å². The summed E-state index contributed by atoms with van der Waals surface area (Å²) in [7, 11) is -1.17. The number of benzene rings is 1. The molecule has 1 atom stereocenters. The van der Waals surface area contributed by atoms with Crippen LogP contribution in [-0.4, -0.2) is 20.7 Å². The molecular weight excluding hydrogens is 304 g/mol. The van der Waals surface area contributed by atoms with E-state index in [1.807, 2.05) is 12.1 Å². The smallest absolute Gasteiger partial charge is 0.341 e. The lowest BCUT2D eigenvalue weighted by Crippen LogP contribution is -2.22. The number of rotatable bonds is 7. The zero-order chi connectivity index (χ0) is 17.2. The van der Waals surface area contributed by atoms with Gasteiger partial charge in [-0.1, -0.05) is 32.6 Å². The maximum absolute atomic E-state index is 12.2. The van der Waals surface area contributed by atoms with Crippen LogP contribution < -0.4 is 0 Å². The average molecular weight is 333 g/mol. The first-order valence-corrected chi connectivity index (χ1v) is 12.1. The lowest BCUT2D eigenvalue weighted by Gasteiger charge is -2.20. The van der Waals surface area contributed by atoms with Crippen LogP contribution in [0.15, 0.2) is 18.7 Å². The normalized spacial score (nSPS) is 17.1. The molecule has 0 spiro atoms. The van der Waals surface area contributed by atoms with Crippen LogP contribution in [-0.2, 0) is 22.3 Å². The molecule has 0 aromatic heterocycles. The van der Waals surface area contributed by atoms with E-state index in [9.17, 15) is 4.79 Å². The summed E-state index contributed by atoms with van der Waals surface area (Å²) in [5, 5.41) is 0. The summed E-state index contributed by atoms with van der Waals surface area (Å²) >= 11 is 0. The van der Waals surface area contributed by atoms with Crippen LogP contribution in [0.3, 0.4) is 0 Å². The highest BCUT2D eigenvalue weighted by atomic mass is 28.3. The quantitative estimate of drug-likeness (QED) is 0.408. The highest BCUT2D eigenvalue weighted by molar-refractivity contribution is 6.76. The molecule has 1 aromatic rings. The molecular formula is C19H28O3Si. The number of carbonyl (C=O) groups is 1. The van der Waals surface area contributed by atoms with E-state index >= 15 is 0 Å². The maximum Gasteiger partial charge on any atom is 0.341 e. The largest absolute Gasteiger partial charge is 0.428 e. The van der Waals surface area contributed by atoms with Crippen LogP contribution >= 0.6 is 0 Å². The third-order valence-electron chi connectivity index (χ3n) is 4.36. The van der Waals surface area contributed by atoms with Crippen molar-refractivity contribution in [1.82, 2.24) is 0 Å². The zero-order valence-corrected chi connectivity index (χ0v) is 16.0. The molecule has 1 aromatic carbocycles. The van der Waals surface area contributed by atoms with E-state index in [2.05, 4.69) is 40.1 Å². The topological polar surface area (TPSA) is 35.5 Å². The third kappa shape index (κ3) is 3.93. The van der Waals surface area contributed by atoms with E-state index in [1.54, 1.807) is 0 Å². The monoisotopic (exact) mass is 332 g/mol. The first-order chi connectivity index (χ1) is 10.8. The molecule has 23 heavy (non-hydrogen) atoms. The predicted octanol–water partition coefficient (Wildman–Crippen LogP) is 4.81. The van der Waals surface area contributed by atoms with Gasteiger partial charge in [0.1, 0.15) is 0 Å². The Morgan fingerprint density at radius 2 is 2.09 bits per heavy atom. The van der Waals surface area contributed by atoms with E-state index in [0.29, 0.717) is 12.2 Å². The molecule has 0 aliphatic carbocycles. The third-order valence-corrected chi connectivity index (χ3v) is 6.07. The molecule has 0 radical (unpaired) electrons. The standard InChI is InChI=1S/C19H28O3Si/c1-7-9-14-12-16-17(13(3)15(14)8-2)19(22-18(16)20)21-10-11-23(4,5)6/h7,12,19H,1,8-11H2,2-6H3. The van der Waals surface area contributed by atoms with Crippen molar-refractivity contribution in [3.8, 4) is 0 Å². The van der Waals surface area contributed by atoms with Crippen LogP contribution in [0.25, 0.3) is 0 Å². The minimum atomic E-state index is -1.17. The van der Waals surface area contributed by atoms with Gasteiger partial charge in [0.15, 0.2) is 0 Å². The number of hydrogen-bond donors (Lipinski definition) is 0. The SMILES string of the molecule is C=CCc1cc2c(c(C)c1CC)C(OCC[Si](C)(C)C)OC2=O. The summed E-state index contributed by atoms with van der Waals surface area (Å²) in [4.78, 5) is 12.2. The van der Waals surface area contributed by atoms with Gasteiger partial charge in [-0.2, -0.15) is 0 Å². The molecule has 126 valence electrons. The van der Waals surface area contributed by atoms with E-state index in [1.165, 1.54) is 11.1 Å².